The molecule has 8 heteroatoms. The highest BCUT2D eigenvalue weighted by Gasteiger charge is 2.11. The van der Waals surface area contributed by atoms with Crippen LogP contribution in [0.1, 0.15) is 22.8 Å². The Bertz CT molecular complexity index is 784. The van der Waals surface area contributed by atoms with Crippen molar-refractivity contribution in [2.45, 2.75) is 13.3 Å². The maximum atomic E-state index is 12.1. The fraction of sp³-hybridized carbons (Fsp3) is 0.176. The maximum Gasteiger partial charge on any atom is 0.310 e. The Hall–Kier alpha value is -2.32. The van der Waals surface area contributed by atoms with Crippen LogP contribution in [0.25, 0.3) is 0 Å². The molecule has 1 aromatic heterocycles. The van der Waals surface area contributed by atoms with E-state index in [4.69, 9.17) is 17.0 Å². The number of pyridine rings is 1. The average Bonchev–Trinajstić information content (AvgIpc) is 2.58. The molecule has 0 bridgehead atoms. The van der Waals surface area contributed by atoms with Gasteiger partial charge in [-0.05, 0) is 58.8 Å². The van der Waals surface area contributed by atoms with Gasteiger partial charge < -0.3 is 10.1 Å². The number of thiocarbonyl (C=S) groups is 1. The molecule has 0 saturated carbocycles. The number of benzene rings is 1. The first-order valence-corrected chi connectivity index (χ1v) is 8.67. The first-order valence-electron chi connectivity index (χ1n) is 7.47. The Morgan fingerprint density at radius 2 is 2.00 bits per heavy atom. The average molecular weight is 422 g/mol. The Morgan fingerprint density at radius 3 is 2.68 bits per heavy atom. The molecule has 0 fully saturated rings. The number of ether oxygens (including phenoxy) is 1. The van der Waals surface area contributed by atoms with Crippen LogP contribution in [-0.2, 0) is 16.0 Å². The number of anilines is 1. The monoisotopic (exact) mass is 421 g/mol. The number of aromatic nitrogens is 1. The summed E-state index contributed by atoms with van der Waals surface area (Å²) in [4.78, 5) is 27.9. The summed E-state index contributed by atoms with van der Waals surface area (Å²) in [6.07, 6.45) is 1.66. The SMILES string of the molecule is CCOC(=O)Cc1cc(NC(=S)NC(=O)c2ccccc2)ncc1Br. The smallest absolute Gasteiger partial charge is 0.310 e. The van der Waals surface area contributed by atoms with E-state index in [0.717, 1.165) is 0 Å². The van der Waals surface area contributed by atoms with Crippen molar-refractivity contribution in [3.63, 3.8) is 0 Å². The molecule has 1 amide bonds. The summed E-state index contributed by atoms with van der Waals surface area (Å²) in [5.74, 6) is -0.233. The molecule has 1 aromatic carbocycles. The predicted molar refractivity (Wildman–Crippen MR) is 102 cm³/mol. The van der Waals surface area contributed by atoms with Crippen LogP contribution in [0.5, 0.6) is 0 Å². The summed E-state index contributed by atoms with van der Waals surface area (Å²) in [6.45, 7) is 2.07. The topological polar surface area (TPSA) is 80.3 Å². The standard InChI is InChI=1S/C17H16BrN3O3S/c1-2-24-15(22)9-12-8-14(19-10-13(12)18)20-17(25)21-16(23)11-6-4-3-5-7-11/h3-8,10H,2,9H2,1H3,(H2,19,20,21,23,25). The van der Waals surface area contributed by atoms with Crippen LogP contribution in [0.15, 0.2) is 47.1 Å². The lowest BCUT2D eigenvalue weighted by molar-refractivity contribution is -0.142. The van der Waals surface area contributed by atoms with E-state index in [2.05, 4.69) is 31.5 Å². The lowest BCUT2D eigenvalue weighted by Crippen LogP contribution is -2.34. The van der Waals surface area contributed by atoms with Gasteiger partial charge in [0.05, 0.1) is 13.0 Å². The second kappa shape index (κ2) is 9.24. The third-order valence-electron chi connectivity index (χ3n) is 3.08. The molecule has 2 rings (SSSR count). The lowest BCUT2D eigenvalue weighted by atomic mass is 10.2. The number of nitrogens with zero attached hydrogens (tertiary/aromatic N) is 1. The van der Waals surface area contributed by atoms with Gasteiger partial charge >= 0.3 is 5.97 Å². The van der Waals surface area contributed by atoms with Crippen molar-refractivity contribution in [2.24, 2.45) is 0 Å². The van der Waals surface area contributed by atoms with E-state index >= 15 is 0 Å². The van der Waals surface area contributed by atoms with Crippen LogP contribution in [0, 0.1) is 0 Å². The Morgan fingerprint density at radius 1 is 1.28 bits per heavy atom. The number of carbonyl (C=O) groups excluding carboxylic acids is 2. The number of hydrogen-bond acceptors (Lipinski definition) is 5. The number of halogens is 1. The first-order chi connectivity index (χ1) is 12.0. The first kappa shape index (κ1) is 19.0. The molecule has 0 aliphatic heterocycles. The molecule has 25 heavy (non-hydrogen) atoms. The second-order valence-electron chi connectivity index (χ2n) is 4.92. The van der Waals surface area contributed by atoms with Crippen LogP contribution in [0.3, 0.4) is 0 Å². The normalized spacial score (nSPS) is 10.0. The van der Waals surface area contributed by atoms with Gasteiger partial charge in [-0.15, -0.1) is 0 Å². The molecule has 0 atom stereocenters. The van der Waals surface area contributed by atoms with E-state index in [-0.39, 0.29) is 23.4 Å². The van der Waals surface area contributed by atoms with Gasteiger partial charge in [0.2, 0.25) is 0 Å². The molecule has 2 N–H and O–H groups in total. The fourth-order valence-electron chi connectivity index (χ4n) is 1.96. The van der Waals surface area contributed by atoms with Gasteiger partial charge in [-0.1, -0.05) is 18.2 Å². The van der Waals surface area contributed by atoms with Crippen molar-refractivity contribution in [1.29, 1.82) is 0 Å². The van der Waals surface area contributed by atoms with Crippen LogP contribution < -0.4 is 10.6 Å². The van der Waals surface area contributed by atoms with Gasteiger partial charge in [-0.3, -0.25) is 14.9 Å². The van der Waals surface area contributed by atoms with Gasteiger partial charge in [-0.25, -0.2) is 4.98 Å². The quantitative estimate of drug-likeness (QED) is 0.570. The van der Waals surface area contributed by atoms with E-state index in [1.54, 1.807) is 43.5 Å². The zero-order valence-corrected chi connectivity index (χ0v) is 15.8. The van der Waals surface area contributed by atoms with Gasteiger partial charge in [0.1, 0.15) is 5.82 Å². The van der Waals surface area contributed by atoms with Crippen LogP contribution >= 0.6 is 28.1 Å². The number of rotatable bonds is 5. The van der Waals surface area contributed by atoms with E-state index in [0.29, 0.717) is 28.0 Å². The lowest BCUT2D eigenvalue weighted by Gasteiger charge is -2.11. The van der Waals surface area contributed by atoms with Gasteiger partial charge in [0, 0.05) is 16.2 Å². The third kappa shape index (κ3) is 5.91. The molecular formula is C17H16BrN3O3S. The van der Waals surface area contributed by atoms with E-state index in [1.165, 1.54) is 0 Å². The highest BCUT2D eigenvalue weighted by Crippen LogP contribution is 2.19. The molecule has 130 valence electrons. The molecule has 0 unspecified atom stereocenters. The highest BCUT2D eigenvalue weighted by atomic mass is 79.9. The van der Waals surface area contributed by atoms with E-state index < -0.39 is 0 Å². The van der Waals surface area contributed by atoms with Crippen LogP contribution in [0.4, 0.5) is 5.82 Å². The molecular weight excluding hydrogens is 406 g/mol. The summed E-state index contributed by atoms with van der Waals surface area (Å²) in [5.41, 5.74) is 1.20. The van der Waals surface area contributed by atoms with Gasteiger partial charge in [0.25, 0.3) is 5.91 Å². The summed E-state index contributed by atoms with van der Waals surface area (Å²) >= 11 is 8.48. The minimum Gasteiger partial charge on any atom is -0.466 e. The third-order valence-corrected chi connectivity index (χ3v) is 4.00. The van der Waals surface area contributed by atoms with Gasteiger partial charge in [-0.2, -0.15) is 0 Å². The van der Waals surface area contributed by atoms with Crippen molar-refractivity contribution in [3.05, 3.63) is 58.2 Å². The zero-order valence-electron chi connectivity index (χ0n) is 13.4. The zero-order chi connectivity index (χ0) is 18.2. The van der Waals surface area contributed by atoms with Crippen molar-refractivity contribution < 1.29 is 14.3 Å². The Balaban J connectivity index is 2.01. The summed E-state index contributed by atoms with van der Waals surface area (Å²) < 4.78 is 5.63. The Labute approximate surface area is 159 Å². The summed E-state index contributed by atoms with van der Waals surface area (Å²) in [6, 6.07) is 10.4. The number of carbonyl (C=O) groups is 2. The molecule has 0 radical (unpaired) electrons. The number of hydrogen-bond donors (Lipinski definition) is 2. The van der Waals surface area contributed by atoms with Crippen molar-refractivity contribution in [2.75, 3.05) is 11.9 Å². The molecule has 6 nitrogen and oxygen atoms in total. The van der Waals surface area contributed by atoms with E-state index in [9.17, 15) is 9.59 Å². The fourth-order valence-corrected chi connectivity index (χ4v) is 2.52. The highest BCUT2D eigenvalue weighted by molar-refractivity contribution is 9.10. The molecule has 0 saturated heterocycles. The van der Waals surface area contributed by atoms with Crippen LogP contribution in [0.2, 0.25) is 0 Å². The number of nitrogens with one attached hydrogen (secondary N) is 2. The van der Waals surface area contributed by atoms with E-state index in [1.807, 2.05) is 6.07 Å². The Kier molecular flexibility index (Phi) is 7.03. The molecule has 1 heterocycles. The summed E-state index contributed by atoms with van der Waals surface area (Å²) in [5, 5.41) is 5.53. The maximum absolute atomic E-state index is 12.1. The largest absolute Gasteiger partial charge is 0.466 e. The van der Waals surface area contributed by atoms with Gasteiger partial charge in [0.15, 0.2) is 5.11 Å². The molecule has 2 aromatic rings. The van der Waals surface area contributed by atoms with Crippen LogP contribution in [-0.4, -0.2) is 28.6 Å². The minimum atomic E-state index is -0.333. The molecule has 0 aliphatic carbocycles. The minimum absolute atomic E-state index is 0.106. The van der Waals surface area contributed by atoms with Crippen molar-refractivity contribution in [1.82, 2.24) is 10.3 Å². The molecule has 0 spiro atoms. The number of esters is 1. The van der Waals surface area contributed by atoms with Crippen molar-refractivity contribution >= 4 is 51.0 Å². The summed E-state index contributed by atoms with van der Waals surface area (Å²) in [7, 11) is 0. The molecule has 0 aliphatic rings. The number of amides is 1. The van der Waals surface area contributed by atoms with Crippen molar-refractivity contribution in [3.8, 4) is 0 Å². The predicted octanol–water partition coefficient (Wildman–Crippen LogP) is 3.08. The second-order valence-corrected chi connectivity index (χ2v) is 6.18.